The second-order valence-corrected chi connectivity index (χ2v) is 5.86. The molecule has 1 aliphatic heterocycles. The summed E-state index contributed by atoms with van der Waals surface area (Å²) in [7, 11) is 0. The number of Topliss-reactive ketones (excluding diaryl/α,β-unsaturated/α-hetero) is 1. The third-order valence-corrected chi connectivity index (χ3v) is 3.75. The topological polar surface area (TPSA) is 134 Å². The van der Waals surface area contributed by atoms with Gasteiger partial charge in [0.1, 0.15) is 35.0 Å². The molecule has 1 heterocycles. The standard InChI is InChI=1S/C17H19FO8/c1-8-2-3-10(18)15(22)16(23)11(20)4-5-25-13-7-9(19)6-12(21)14(13)17(24)26-8/h3,6-8,11,16,19-21,23H,2,4-5H2,1H3/b10-3+/t8-,11+,16+/m0/s1. The second kappa shape index (κ2) is 8.15. The molecule has 0 unspecified atom stereocenters. The molecule has 1 aromatic rings. The lowest BCUT2D eigenvalue weighted by Crippen LogP contribution is -2.35. The Balaban J connectivity index is 2.38. The Morgan fingerprint density at radius 1 is 1.19 bits per heavy atom. The van der Waals surface area contributed by atoms with Crippen molar-refractivity contribution >= 4 is 11.8 Å². The minimum absolute atomic E-state index is 0.179. The molecule has 0 radical (unpaired) electrons. The van der Waals surface area contributed by atoms with Crippen LogP contribution in [0.2, 0.25) is 0 Å². The maximum atomic E-state index is 13.8. The van der Waals surface area contributed by atoms with E-state index in [0.717, 1.165) is 18.2 Å². The molecule has 0 spiro atoms. The Labute approximate surface area is 148 Å². The molecule has 1 aliphatic rings. The molecule has 4 N–H and O–H groups in total. The van der Waals surface area contributed by atoms with E-state index in [1.807, 2.05) is 0 Å². The van der Waals surface area contributed by atoms with E-state index in [-0.39, 0.29) is 36.5 Å². The van der Waals surface area contributed by atoms with Crippen LogP contribution in [0.15, 0.2) is 24.0 Å². The van der Waals surface area contributed by atoms with E-state index in [1.165, 1.54) is 6.92 Å². The molecule has 0 bridgehead atoms. The number of rotatable bonds is 0. The number of carbonyl (C=O) groups excluding carboxylic acids is 2. The highest BCUT2D eigenvalue weighted by Gasteiger charge is 2.29. The molecular weight excluding hydrogens is 351 g/mol. The van der Waals surface area contributed by atoms with Crippen LogP contribution in [-0.2, 0) is 9.53 Å². The van der Waals surface area contributed by atoms with Gasteiger partial charge in [0.25, 0.3) is 0 Å². The maximum absolute atomic E-state index is 13.8. The van der Waals surface area contributed by atoms with Gasteiger partial charge in [-0.2, -0.15) is 0 Å². The number of halogens is 1. The first-order valence-corrected chi connectivity index (χ1v) is 7.86. The third kappa shape index (κ3) is 4.50. The number of aliphatic hydroxyl groups excluding tert-OH is 2. The van der Waals surface area contributed by atoms with Crippen molar-refractivity contribution < 1.29 is 43.9 Å². The molecule has 9 heteroatoms. The summed E-state index contributed by atoms with van der Waals surface area (Å²) >= 11 is 0. The summed E-state index contributed by atoms with van der Waals surface area (Å²) in [5.41, 5.74) is -0.345. The van der Waals surface area contributed by atoms with Gasteiger partial charge in [0.15, 0.2) is 5.83 Å². The number of carbonyl (C=O) groups is 2. The van der Waals surface area contributed by atoms with Gasteiger partial charge in [-0.25, -0.2) is 9.18 Å². The summed E-state index contributed by atoms with van der Waals surface area (Å²) in [6.45, 7) is 1.14. The van der Waals surface area contributed by atoms with Crippen molar-refractivity contribution in [3.63, 3.8) is 0 Å². The van der Waals surface area contributed by atoms with Crippen molar-refractivity contribution in [1.29, 1.82) is 0 Å². The van der Waals surface area contributed by atoms with Gasteiger partial charge in [0.2, 0.25) is 5.78 Å². The predicted octanol–water partition coefficient (Wildman–Crippen LogP) is 0.960. The number of esters is 1. The minimum Gasteiger partial charge on any atom is -0.508 e. The van der Waals surface area contributed by atoms with Crippen molar-refractivity contribution in [1.82, 2.24) is 0 Å². The summed E-state index contributed by atoms with van der Waals surface area (Å²) in [4.78, 5) is 24.0. The molecule has 26 heavy (non-hydrogen) atoms. The number of phenolic OH excluding ortho intramolecular Hbond substituents is 2. The van der Waals surface area contributed by atoms with Gasteiger partial charge >= 0.3 is 5.97 Å². The number of aromatic hydroxyl groups is 2. The van der Waals surface area contributed by atoms with Crippen molar-refractivity contribution in [2.45, 2.75) is 38.1 Å². The number of ether oxygens (including phenoxy) is 2. The zero-order valence-corrected chi connectivity index (χ0v) is 13.9. The zero-order chi connectivity index (χ0) is 19.4. The molecule has 8 nitrogen and oxygen atoms in total. The monoisotopic (exact) mass is 370 g/mol. The lowest BCUT2D eigenvalue weighted by atomic mass is 10.0. The third-order valence-electron chi connectivity index (χ3n) is 3.75. The van der Waals surface area contributed by atoms with E-state index in [1.54, 1.807) is 0 Å². The van der Waals surface area contributed by atoms with Crippen molar-refractivity contribution in [3.8, 4) is 17.2 Å². The van der Waals surface area contributed by atoms with Crippen LogP contribution in [0.5, 0.6) is 17.2 Å². The maximum Gasteiger partial charge on any atom is 0.346 e. The highest BCUT2D eigenvalue weighted by atomic mass is 19.1. The molecule has 0 saturated heterocycles. The quantitative estimate of drug-likeness (QED) is 0.496. The number of ketones is 1. The number of benzene rings is 1. The van der Waals surface area contributed by atoms with E-state index in [0.29, 0.717) is 0 Å². The number of cyclic esters (lactones) is 1. The van der Waals surface area contributed by atoms with Gasteiger partial charge in [-0.3, -0.25) is 4.79 Å². The Morgan fingerprint density at radius 3 is 2.58 bits per heavy atom. The van der Waals surface area contributed by atoms with Crippen molar-refractivity contribution in [3.05, 3.63) is 29.6 Å². The van der Waals surface area contributed by atoms with Gasteiger partial charge in [-0.05, 0) is 13.0 Å². The van der Waals surface area contributed by atoms with Gasteiger partial charge in [0, 0.05) is 25.0 Å². The van der Waals surface area contributed by atoms with Gasteiger partial charge in [-0.1, -0.05) is 0 Å². The van der Waals surface area contributed by atoms with Crippen LogP contribution in [-0.4, -0.2) is 57.1 Å². The molecule has 1 aromatic carbocycles. The van der Waals surface area contributed by atoms with E-state index in [2.05, 4.69) is 0 Å². The van der Waals surface area contributed by atoms with Crippen LogP contribution in [0.4, 0.5) is 4.39 Å². The Bertz CT molecular complexity index is 730. The second-order valence-electron chi connectivity index (χ2n) is 5.86. The summed E-state index contributed by atoms with van der Waals surface area (Å²) in [5, 5.41) is 39.0. The van der Waals surface area contributed by atoms with Gasteiger partial charge < -0.3 is 29.9 Å². The lowest BCUT2D eigenvalue weighted by Gasteiger charge is -2.19. The fourth-order valence-corrected chi connectivity index (χ4v) is 2.33. The van der Waals surface area contributed by atoms with Gasteiger partial charge in [0.05, 0.1) is 12.7 Å². The van der Waals surface area contributed by atoms with Crippen LogP contribution < -0.4 is 4.74 Å². The molecule has 0 saturated carbocycles. The molecule has 0 amide bonds. The van der Waals surface area contributed by atoms with E-state index in [4.69, 9.17) is 9.47 Å². The van der Waals surface area contributed by atoms with Crippen molar-refractivity contribution in [2.24, 2.45) is 0 Å². The normalized spacial score (nSPS) is 27.4. The van der Waals surface area contributed by atoms with Crippen LogP contribution in [0.1, 0.15) is 30.1 Å². The van der Waals surface area contributed by atoms with Crippen LogP contribution >= 0.6 is 0 Å². The largest absolute Gasteiger partial charge is 0.508 e. The summed E-state index contributed by atoms with van der Waals surface area (Å²) in [6.07, 6.45) is -4.07. The predicted molar refractivity (Wildman–Crippen MR) is 85.6 cm³/mol. The molecule has 0 fully saturated rings. The molecule has 2 rings (SSSR count). The summed E-state index contributed by atoms with van der Waals surface area (Å²) in [6, 6.07) is 1.99. The van der Waals surface area contributed by atoms with Crippen LogP contribution in [0.25, 0.3) is 0 Å². The Kier molecular flexibility index (Phi) is 6.17. The lowest BCUT2D eigenvalue weighted by molar-refractivity contribution is -0.130. The highest BCUT2D eigenvalue weighted by Crippen LogP contribution is 2.34. The summed E-state index contributed by atoms with van der Waals surface area (Å²) in [5.74, 6) is -4.67. The smallest absolute Gasteiger partial charge is 0.346 e. The molecule has 142 valence electrons. The molecule has 0 aliphatic carbocycles. The van der Waals surface area contributed by atoms with Crippen molar-refractivity contribution in [2.75, 3.05) is 6.61 Å². The first-order valence-electron chi connectivity index (χ1n) is 7.86. The SMILES string of the molecule is C[C@H]1C/C=C(/F)C(=O)[C@H](O)[C@H](O)CCOc2cc(O)cc(O)c2C(=O)O1. The van der Waals surface area contributed by atoms with E-state index < -0.39 is 41.6 Å². The van der Waals surface area contributed by atoms with Gasteiger partial charge in [-0.15, -0.1) is 0 Å². The first-order chi connectivity index (χ1) is 12.2. The fraction of sp³-hybridized carbons (Fsp3) is 0.412. The number of fused-ring (bicyclic) bond motifs is 1. The number of hydrogen-bond acceptors (Lipinski definition) is 8. The zero-order valence-electron chi connectivity index (χ0n) is 13.9. The fourth-order valence-electron chi connectivity index (χ4n) is 2.33. The molecule has 0 aromatic heterocycles. The van der Waals surface area contributed by atoms with Crippen LogP contribution in [0.3, 0.4) is 0 Å². The Hall–Kier alpha value is -2.65. The van der Waals surface area contributed by atoms with E-state index in [9.17, 15) is 34.4 Å². The summed E-state index contributed by atoms with van der Waals surface area (Å²) < 4.78 is 24.1. The minimum atomic E-state index is -1.98. The number of phenols is 2. The highest BCUT2D eigenvalue weighted by molar-refractivity contribution is 5.97. The Morgan fingerprint density at radius 2 is 1.88 bits per heavy atom. The van der Waals surface area contributed by atoms with E-state index >= 15 is 0 Å². The number of aliphatic hydroxyl groups is 2. The molecular formula is C17H19FO8. The average molecular weight is 370 g/mol. The average Bonchev–Trinajstić information content (AvgIpc) is 2.56. The van der Waals surface area contributed by atoms with Crippen LogP contribution in [0, 0.1) is 0 Å². The molecule has 3 atom stereocenters. The first kappa shape index (κ1) is 19.7. The number of hydrogen-bond donors (Lipinski definition) is 4.